The SMILES string of the molecule is C[N+]1(CCCc2ccncc2)CCCC(OC(=O)[C@](O)(c2ccccc2)C2CCCC2)C1. The van der Waals surface area contributed by atoms with Crippen molar-refractivity contribution in [2.24, 2.45) is 5.92 Å². The highest BCUT2D eigenvalue weighted by Gasteiger charge is 2.49. The Balaban J connectivity index is 1.40. The molecular formula is C27H37N2O3+. The second kappa shape index (κ2) is 10.1. The van der Waals surface area contributed by atoms with Gasteiger partial charge in [-0.25, -0.2) is 4.79 Å². The fraction of sp³-hybridized carbons (Fsp3) is 0.556. The maximum atomic E-state index is 13.4. The molecule has 1 saturated carbocycles. The molecule has 1 aliphatic heterocycles. The number of aryl methyl sites for hydroxylation is 1. The molecule has 0 radical (unpaired) electrons. The van der Waals surface area contributed by atoms with E-state index < -0.39 is 11.6 Å². The summed E-state index contributed by atoms with van der Waals surface area (Å²) in [5, 5.41) is 11.7. The van der Waals surface area contributed by atoms with Gasteiger partial charge in [-0.05, 0) is 48.9 Å². The van der Waals surface area contributed by atoms with Gasteiger partial charge in [-0.2, -0.15) is 0 Å². The number of hydrogen-bond acceptors (Lipinski definition) is 4. The minimum Gasteiger partial charge on any atom is -0.454 e. The molecule has 4 rings (SSSR count). The molecule has 0 spiro atoms. The Bertz CT molecular complexity index is 869. The van der Waals surface area contributed by atoms with Crippen LogP contribution in [0.5, 0.6) is 0 Å². The van der Waals surface area contributed by atoms with Crippen LogP contribution in [0.1, 0.15) is 56.1 Å². The summed E-state index contributed by atoms with van der Waals surface area (Å²) in [7, 11) is 2.27. The highest BCUT2D eigenvalue weighted by atomic mass is 16.6. The van der Waals surface area contributed by atoms with Gasteiger partial charge in [-0.3, -0.25) is 4.98 Å². The quantitative estimate of drug-likeness (QED) is 0.496. The molecule has 1 aromatic carbocycles. The lowest BCUT2D eigenvalue weighted by Crippen LogP contribution is -2.55. The number of rotatable bonds is 8. The van der Waals surface area contributed by atoms with E-state index in [2.05, 4.69) is 24.2 Å². The molecule has 1 aliphatic carbocycles. The lowest BCUT2D eigenvalue weighted by Gasteiger charge is -2.42. The Hall–Kier alpha value is -2.24. The standard InChI is InChI=1S/C27H37N2O3/c1-29(19-7-9-22-15-17-28-18-16-22)20-8-14-25(21-29)32-26(30)27(31,24-12-5-6-13-24)23-10-3-2-4-11-23/h2-4,10-11,15-18,24-25,31H,5-9,12-14,19-21H2,1H3/q+1/t25?,27-,29?/m0/s1. The topological polar surface area (TPSA) is 59.4 Å². The Morgan fingerprint density at radius 3 is 2.53 bits per heavy atom. The first-order valence-corrected chi connectivity index (χ1v) is 12.2. The van der Waals surface area contributed by atoms with Crippen LogP contribution in [0.4, 0.5) is 0 Å². The van der Waals surface area contributed by atoms with E-state index in [-0.39, 0.29) is 12.0 Å². The number of esters is 1. The van der Waals surface area contributed by atoms with Crippen LogP contribution in [-0.4, -0.2) is 53.3 Å². The predicted octanol–water partition coefficient (Wildman–Crippen LogP) is 4.24. The number of carbonyl (C=O) groups excluding carboxylic acids is 1. The first kappa shape index (κ1) is 22.9. The summed E-state index contributed by atoms with van der Waals surface area (Å²) in [5.41, 5.74) is 0.443. The normalized spacial score (nSPS) is 25.9. The summed E-state index contributed by atoms with van der Waals surface area (Å²) in [6.07, 6.45) is 11.5. The monoisotopic (exact) mass is 437 g/mol. The molecule has 2 fully saturated rings. The van der Waals surface area contributed by atoms with E-state index in [9.17, 15) is 9.90 Å². The molecule has 172 valence electrons. The van der Waals surface area contributed by atoms with E-state index in [1.165, 1.54) is 5.56 Å². The number of piperidine rings is 1. The lowest BCUT2D eigenvalue weighted by atomic mass is 9.80. The van der Waals surface area contributed by atoms with Crippen LogP contribution in [0.25, 0.3) is 0 Å². The average molecular weight is 438 g/mol. The zero-order valence-electron chi connectivity index (χ0n) is 19.3. The lowest BCUT2D eigenvalue weighted by molar-refractivity contribution is -0.917. The van der Waals surface area contributed by atoms with Crippen LogP contribution in [0.2, 0.25) is 0 Å². The van der Waals surface area contributed by atoms with Crippen molar-refractivity contribution in [3.05, 3.63) is 66.0 Å². The van der Waals surface area contributed by atoms with Gasteiger partial charge in [-0.1, -0.05) is 43.2 Å². The maximum Gasteiger partial charge on any atom is 0.343 e. The zero-order valence-corrected chi connectivity index (χ0v) is 19.3. The van der Waals surface area contributed by atoms with Crippen LogP contribution in [0.15, 0.2) is 54.9 Å². The summed E-state index contributed by atoms with van der Waals surface area (Å²) < 4.78 is 6.98. The average Bonchev–Trinajstić information content (AvgIpc) is 3.35. The molecule has 2 heterocycles. The van der Waals surface area contributed by atoms with Gasteiger partial charge in [0.05, 0.1) is 20.1 Å². The van der Waals surface area contributed by atoms with E-state index in [1.807, 2.05) is 42.7 Å². The van der Waals surface area contributed by atoms with Gasteiger partial charge >= 0.3 is 5.97 Å². The van der Waals surface area contributed by atoms with E-state index in [0.29, 0.717) is 5.56 Å². The summed E-state index contributed by atoms with van der Waals surface area (Å²) in [6.45, 7) is 2.98. The maximum absolute atomic E-state index is 13.4. The summed E-state index contributed by atoms with van der Waals surface area (Å²) >= 11 is 0. The summed E-state index contributed by atoms with van der Waals surface area (Å²) in [5.74, 6) is -0.520. The first-order chi connectivity index (χ1) is 15.5. The van der Waals surface area contributed by atoms with Crippen molar-refractivity contribution in [2.45, 2.75) is 63.1 Å². The molecule has 32 heavy (non-hydrogen) atoms. The number of benzene rings is 1. The number of likely N-dealkylation sites (N-methyl/N-ethyl adjacent to an activating group) is 1. The van der Waals surface area contributed by atoms with Gasteiger partial charge in [0.15, 0.2) is 11.7 Å². The molecular weight excluding hydrogens is 400 g/mol. The van der Waals surface area contributed by atoms with Crippen LogP contribution in [-0.2, 0) is 21.6 Å². The number of nitrogens with zero attached hydrogens (tertiary/aromatic N) is 2. The minimum atomic E-state index is -1.54. The third-order valence-corrected chi connectivity index (χ3v) is 7.53. The largest absolute Gasteiger partial charge is 0.454 e. The molecule has 2 aliphatic rings. The number of likely N-dealkylation sites (tertiary alicyclic amines) is 1. The third-order valence-electron chi connectivity index (χ3n) is 7.53. The molecule has 5 nitrogen and oxygen atoms in total. The van der Waals surface area contributed by atoms with Crippen LogP contribution >= 0.6 is 0 Å². The number of aliphatic hydroxyl groups is 1. The number of aromatic nitrogens is 1. The Labute approximate surface area is 192 Å². The Kier molecular flexibility index (Phi) is 7.27. The van der Waals surface area contributed by atoms with E-state index in [1.54, 1.807) is 0 Å². The fourth-order valence-electron chi connectivity index (χ4n) is 5.69. The van der Waals surface area contributed by atoms with Crippen LogP contribution in [0, 0.1) is 5.92 Å². The number of ether oxygens (including phenoxy) is 1. The van der Waals surface area contributed by atoms with Gasteiger partial charge < -0.3 is 14.3 Å². The van der Waals surface area contributed by atoms with Crippen molar-refractivity contribution >= 4 is 5.97 Å². The zero-order chi connectivity index (χ0) is 22.4. The molecule has 3 atom stereocenters. The highest BCUT2D eigenvalue weighted by molar-refractivity contribution is 5.81. The molecule has 0 amide bonds. The van der Waals surface area contributed by atoms with E-state index in [4.69, 9.17) is 4.74 Å². The van der Waals surface area contributed by atoms with Crippen molar-refractivity contribution < 1.29 is 19.1 Å². The number of hydrogen-bond donors (Lipinski definition) is 1. The molecule has 0 bridgehead atoms. The van der Waals surface area contributed by atoms with Crippen molar-refractivity contribution in [1.29, 1.82) is 0 Å². The highest BCUT2D eigenvalue weighted by Crippen LogP contribution is 2.42. The van der Waals surface area contributed by atoms with Gasteiger partial charge in [0.1, 0.15) is 6.54 Å². The van der Waals surface area contributed by atoms with Crippen molar-refractivity contribution in [2.75, 3.05) is 26.7 Å². The third kappa shape index (κ3) is 5.21. The van der Waals surface area contributed by atoms with Crippen molar-refractivity contribution in [3.63, 3.8) is 0 Å². The van der Waals surface area contributed by atoms with Crippen LogP contribution < -0.4 is 0 Å². The van der Waals surface area contributed by atoms with Gasteiger partial charge in [-0.15, -0.1) is 0 Å². The predicted molar refractivity (Wildman–Crippen MR) is 125 cm³/mol. The van der Waals surface area contributed by atoms with E-state index >= 15 is 0 Å². The molecule has 2 aromatic rings. The van der Waals surface area contributed by atoms with Crippen LogP contribution in [0.3, 0.4) is 0 Å². The van der Waals surface area contributed by atoms with Gasteiger partial charge in [0.25, 0.3) is 0 Å². The number of pyridine rings is 1. The summed E-state index contributed by atoms with van der Waals surface area (Å²) in [6, 6.07) is 13.6. The second-order valence-electron chi connectivity index (χ2n) is 9.99. The van der Waals surface area contributed by atoms with Gasteiger partial charge in [0.2, 0.25) is 0 Å². The minimum absolute atomic E-state index is 0.0674. The number of carbonyl (C=O) groups is 1. The molecule has 2 unspecified atom stereocenters. The fourth-order valence-corrected chi connectivity index (χ4v) is 5.69. The number of quaternary nitrogens is 1. The van der Waals surface area contributed by atoms with Crippen molar-refractivity contribution in [3.8, 4) is 0 Å². The molecule has 1 N–H and O–H groups in total. The smallest absolute Gasteiger partial charge is 0.343 e. The molecule has 5 heteroatoms. The summed E-state index contributed by atoms with van der Waals surface area (Å²) in [4.78, 5) is 17.5. The first-order valence-electron chi connectivity index (χ1n) is 12.2. The second-order valence-corrected chi connectivity index (χ2v) is 9.99. The van der Waals surface area contributed by atoms with E-state index in [0.717, 1.165) is 75.5 Å². The Morgan fingerprint density at radius 2 is 1.81 bits per heavy atom. The molecule has 1 aromatic heterocycles. The Morgan fingerprint density at radius 1 is 1.09 bits per heavy atom. The molecule has 1 saturated heterocycles. The van der Waals surface area contributed by atoms with Crippen molar-refractivity contribution in [1.82, 2.24) is 4.98 Å². The van der Waals surface area contributed by atoms with Gasteiger partial charge in [0, 0.05) is 31.2 Å².